The van der Waals surface area contributed by atoms with Crippen LogP contribution in [0, 0.1) is 6.92 Å². The lowest BCUT2D eigenvalue weighted by atomic mass is 10.1. The van der Waals surface area contributed by atoms with Gasteiger partial charge in [-0.15, -0.1) is 0 Å². The van der Waals surface area contributed by atoms with E-state index in [1.165, 1.54) is 11.8 Å². The van der Waals surface area contributed by atoms with Gasteiger partial charge in [0.05, 0.1) is 41.4 Å². The number of aromatic nitrogens is 1. The molecule has 5 rings (SSSR count). The van der Waals surface area contributed by atoms with Crippen LogP contribution < -0.4 is 10.5 Å². The molecule has 2 aliphatic heterocycles. The average molecular weight is 492 g/mol. The first-order valence-corrected chi connectivity index (χ1v) is 12.4. The molecule has 2 aromatic carbocycles. The fourth-order valence-electron chi connectivity index (χ4n) is 4.40. The van der Waals surface area contributed by atoms with Crippen molar-refractivity contribution in [3.8, 4) is 0 Å². The molecule has 2 aliphatic rings. The summed E-state index contributed by atoms with van der Waals surface area (Å²) < 4.78 is 7.70. The molecule has 8 heteroatoms. The predicted octanol–water partition coefficient (Wildman–Crippen LogP) is 4.08. The number of ether oxygens (including phenoxy) is 1. The molecule has 3 heterocycles. The minimum Gasteiger partial charge on any atom is -0.378 e. The van der Waals surface area contributed by atoms with Crippen LogP contribution in [0.2, 0.25) is 0 Å². The number of amides is 1. The smallest absolute Gasteiger partial charge is 0.266 e. The van der Waals surface area contributed by atoms with Crippen molar-refractivity contribution in [2.45, 2.75) is 13.5 Å². The van der Waals surface area contributed by atoms with E-state index >= 15 is 0 Å². The number of benzene rings is 2. The van der Waals surface area contributed by atoms with Crippen molar-refractivity contribution < 1.29 is 9.53 Å². The van der Waals surface area contributed by atoms with E-state index in [1.54, 1.807) is 22.6 Å². The van der Waals surface area contributed by atoms with E-state index in [-0.39, 0.29) is 11.5 Å². The van der Waals surface area contributed by atoms with Gasteiger partial charge in [0.1, 0.15) is 4.32 Å². The number of carbonyl (C=O) groups is 1. The monoisotopic (exact) mass is 491 g/mol. The third-order valence-electron chi connectivity index (χ3n) is 6.25. The zero-order chi connectivity index (χ0) is 23.8. The number of hydrogen-bond acceptors (Lipinski definition) is 6. The number of nitrogens with zero attached hydrogens (tertiary/aromatic N) is 3. The summed E-state index contributed by atoms with van der Waals surface area (Å²) in [7, 11) is 1.77. The van der Waals surface area contributed by atoms with Crippen LogP contribution in [0.1, 0.15) is 16.7 Å². The number of fused-ring (bicyclic) bond motifs is 1. The van der Waals surface area contributed by atoms with Crippen molar-refractivity contribution in [1.29, 1.82) is 0 Å². The molecule has 0 saturated carbocycles. The van der Waals surface area contributed by atoms with Gasteiger partial charge >= 0.3 is 0 Å². The van der Waals surface area contributed by atoms with Gasteiger partial charge < -0.3 is 14.2 Å². The van der Waals surface area contributed by atoms with Crippen molar-refractivity contribution in [2.75, 3.05) is 31.2 Å². The van der Waals surface area contributed by atoms with E-state index in [9.17, 15) is 9.59 Å². The molecule has 2 fully saturated rings. The quantitative estimate of drug-likeness (QED) is 0.405. The fourth-order valence-corrected chi connectivity index (χ4v) is 5.64. The molecular weight excluding hydrogens is 466 g/mol. The van der Waals surface area contributed by atoms with E-state index < -0.39 is 0 Å². The third kappa shape index (κ3) is 4.17. The molecule has 0 aliphatic carbocycles. The normalized spacial score (nSPS) is 17.9. The summed E-state index contributed by atoms with van der Waals surface area (Å²) in [5, 5.41) is 0.980. The summed E-state index contributed by atoms with van der Waals surface area (Å²) in [6, 6.07) is 15.9. The third-order valence-corrected chi connectivity index (χ3v) is 7.63. The molecule has 0 N–H and O–H groups in total. The first kappa shape index (κ1) is 22.8. The van der Waals surface area contributed by atoms with Crippen LogP contribution in [0.5, 0.6) is 0 Å². The average Bonchev–Trinajstić information content (AvgIpc) is 3.11. The van der Waals surface area contributed by atoms with Crippen molar-refractivity contribution in [2.24, 2.45) is 7.05 Å². The first-order chi connectivity index (χ1) is 16.4. The van der Waals surface area contributed by atoms with E-state index in [0.717, 1.165) is 27.7 Å². The number of para-hydroxylation sites is 1. The minimum absolute atomic E-state index is 0.135. The number of morpholine rings is 1. The summed E-state index contributed by atoms with van der Waals surface area (Å²) in [6.07, 6.45) is 1.73. The lowest BCUT2D eigenvalue weighted by Gasteiger charge is -2.31. The number of pyridine rings is 1. The maximum Gasteiger partial charge on any atom is 0.266 e. The largest absolute Gasteiger partial charge is 0.378 e. The zero-order valence-corrected chi connectivity index (χ0v) is 20.7. The molecule has 6 nitrogen and oxygen atoms in total. The van der Waals surface area contributed by atoms with Crippen molar-refractivity contribution in [3.63, 3.8) is 0 Å². The highest BCUT2D eigenvalue weighted by Gasteiger charge is 2.33. The van der Waals surface area contributed by atoms with Crippen molar-refractivity contribution in [3.05, 3.63) is 80.5 Å². The van der Waals surface area contributed by atoms with Crippen LogP contribution in [0.3, 0.4) is 0 Å². The van der Waals surface area contributed by atoms with E-state index in [4.69, 9.17) is 17.0 Å². The number of thiocarbonyl (C=S) groups is 1. The highest BCUT2D eigenvalue weighted by atomic mass is 32.2. The molecule has 174 valence electrons. The minimum atomic E-state index is -0.168. The Morgan fingerprint density at radius 3 is 2.50 bits per heavy atom. The standard InChI is InChI=1S/C26H25N3O3S2/c1-17-7-9-18(10-8-17)16-29-25(31)22(34-26(29)33)15-20-23(28-11-13-32-14-12-28)19-5-3-4-6-21(19)27(2)24(20)30/h3-10,15H,11-14,16H2,1-2H3. The maximum absolute atomic E-state index is 13.5. The van der Waals surface area contributed by atoms with Gasteiger partial charge in [-0.05, 0) is 24.6 Å². The van der Waals surface area contributed by atoms with Crippen LogP contribution in [0.15, 0.2) is 58.2 Å². The molecule has 1 amide bonds. The maximum atomic E-state index is 13.5. The summed E-state index contributed by atoms with van der Waals surface area (Å²) in [5.41, 5.74) is 4.27. The summed E-state index contributed by atoms with van der Waals surface area (Å²) in [6.45, 7) is 5.01. The number of aryl methyl sites for hydroxylation is 2. The second-order valence-electron chi connectivity index (χ2n) is 8.50. The Kier molecular flexibility index (Phi) is 6.29. The summed E-state index contributed by atoms with van der Waals surface area (Å²) >= 11 is 6.80. The van der Waals surface area contributed by atoms with Crippen LogP contribution in [0.4, 0.5) is 5.69 Å². The molecule has 0 spiro atoms. The topological polar surface area (TPSA) is 54.8 Å². The van der Waals surface area contributed by atoms with Crippen LogP contribution in [0.25, 0.3) is 17.0 Å². The van der Waals surface area contributed by atoms with Gasteiger partial charge in [0, 0.05) is 25.5 Å². The number of carbonyl (C=O) groups excluding carboxylic acids is 1. The Labute approximate surface area is 207 Å². The lowest BCUT2D eigenvalue weighted by molar-refractivity contribution is -0.122. The van der Waals surface area contributed by atoms with Gasteiger partial charge in [0.15, 0.2) is 0 Å². The Morgan fingerprint density at radius 1 is 1.06 bits per heavy atom. The molecule has 1 aromatic heterocycles. The van der Waals surface area contributed by atoms with Gasteiger partial charge in [-0.1, -0.05) is 72.0 Å². The zero-order valence-electron chi connectivity index (χ0n) is 19.1. The lowest BCUT2D eigenvalue weighted by Crippen LogP contribution is -2.38. The van der Waals surface area contributed by atoms with Gasteiger partial charge in [-0.2, -0.15) is 0 Å². The summed E-state index contributed by atoms with van der Waals surface area (Å²) in [4.78, 5) is 31.1. The van der Waals surface area contributed by atoms with Crippen molar-refractivity contribution >= 4 is 56.9 Å². The highest BCUT2D eigenvalue weighted by molar-refractivity contribution is 8.26. The fraction of sp³-hybridized carbons (Fsp3) is 0.269. The molecule has 0 atom stereocenters. The molecular formula is C26H25N3O3S2. The Morgan fingerprint density at radius 2 is 1.76 bits per heavy atom. The van der Waals surface area contributed by atoms with Gasteiger partial charge in [0.25, 0.3) is 11.5 Å². The Balaban J connectivity index is 1.59. The Hall–Kier alpha value is -2.94. The molecule has 0 unspecified atom stereocenters. The number of anilines is 1. The van der Waals surface area contributed by atoms with Gasteiger partial charge in [0.2, 0.25) is 0 Å². The van der Waals surface area contributed by atoms with Crippen LogP contribution in [-0.2, 0) is 23.1 Å². The van der Waals surface area contributed by atoms with Crippen LogP contribution in [-0.4, -0.2) is 46.0 Å². The van der Waals surface area contributed by atoms with E-state index in [2.05, 4.69) is 4.90 Å². The van der Waals surface area contributed by atoms with Gasteiger partial charge in [-0.3, -0.25) is 14.5 Å². The van der Waals surface area contributed by atoms with Crippen LogP contribution >= 0.6 is 24.0 Å². The van der Waals surface area contributed by atoms with Gasteiger partial charge in [-0.25, -0.2) is 0 Å². The second kappa shape index (κ2) is 9.37. The second-order valence-corrected chi connectivity index (χ2v) is 10.2. The Bertz CT molecular complexity index is 1370. The molecule has 3 aromatic rings. The highest BCUT2D eigenvalue weighted by Crippen LogP contribution is 2.36. The van der Waals surface area contributed by atoms with Crippen molar-refractivity contribution in [1.82, 2.24) is 9.47 Å². The van der Waals surface area contributed by atoms with E-state index in [1.807, 2.05) is 55.5 Å². The van der Waals surface area contributed by atoms with E-state index in [0.29, 0.717) is 47.6 Å². The predicted molar refractivity (Wildman–Crippen MR) is 142 cm³/mol. The number of hydrogen-bond donors (Lipinski definition) is 0. The SMILES string of the molecule is Cc1ccc(CN2C(=O)C(=Cc3c(N4CCOCC4)c4ccccc4n(C)c3=O)SC2=S)cc1. The number of rotatable bonds is 4. The molecule has 2 saturated heterocycles. The molecule has 0 radical (unpaired) electrons. The first-order valence-electron chi connectivity index (χ1n) is 11.2. The number of thioether (sulfide) groups is 1. The summed E-state index contributed by atoms with van der Waals surface area (Å²) in [5.74, 6) is -0.168. The molecule has 0 bridgehead atoms. The molecule has 34 heavy (non-hydrogen) atoms.